The van der Waals surface area contributed by atoms with Crippen molar-refractivity contribution in [1.29, 1.82) is 0 Å². The molecule has 0 aliphatic rings. The molecular formula is C17H13ClN4O2. The topological polar surface area (TPSA) is 72.8 Å². The highest BCUT2D eigenvalue weighted by Gasteiger charge is 2.17. The highest BCUT2D eigenvalue weighted by Crippen LogP contribution is 2.31. The van der Waals surface area contributed by atoms with E-state index in [1.807, 2.05) is 31.3 Å². The smallest absolute Gasteiger partial charge is 0.340 e. The predicted molar refractivity (Wildman–Crippen MR) is 92.2 cm³/mol. The van der Waals surface area contributed by atoms with Gasteiger partial charge in [0.15, 0.2) is 0 Å². The van der Waals surface area contributed by atoms with E-state index < -0.39 is 5.97 Å². The van der Waals surface area contributed by atoms with Gasteiger partial charge in [0.25, 0.3) is 0 Å². The molecule has 0 fully saturated rings. The number of hydrogen-bond acceptors (Lipinski definition) is 4. The van der Waals surface area contributed by atoms with Gasteiger partial charge in [-0.25, -0.2) is 4.79 Å². The minimum atomic E-state index is -0.405. The molecule has 4 aromatic rings. The van der Waals surface area contributed by atoms with E-state index in [1.165, 1.54) is 7.11 Å². The molecule has 0 radical (unpaired) electrons. The number of carbonyl (C=O) groups is 1. The van der Waals surface area contributed by atoms with Crippen molar-refractivity contribution in [1.82, 2.24) is 19.7 Å². The molecule has 0 aliphatic carbocycles. The molecule has 1 N–H and O–H groups in total. The molecule has 24 heavy (non-hydrogen) atoms. The Morgan fingerprint density at radius 3 is 2.88 bits per heavy atom. The molecule has 0 saturated carbocycles. The van der Waals surface area contributed by atoms with Gasteiger partial charge in [0.05, 0.1) is 40.6 Å². The summed E-state index contributed by atoms with van der Waals surface area (Å²) < 4.78 is 6.61. The Morgan fingerprint density at radius 1 is 1.25 bits per heavy atom. The monoisotopic (exact) mass is 340 g/mol. The first kappa shape index (κ1) is 14.7. The molecule has 0 aliphatic heterocycles. The molecule has 0 saturated heterocycles. The maximum absolute atomic E-state index is 11.9. The fourth-order valence-corrected chi connectivity index (χ4v) is 3.09. The Bertz CT molecular complexity index is 1100. The van der Waals surface area contributed by atoms with Gasteiger partial charge in [0.2, 0.25) is 0 Å². The van der Waals surface area contributed by atoms with Gasteiger partial charge in [-0.05, 0) is 30.3 Å². The van der Waals surface area contributed by atoms with Gasteiger partial charge in [0.1, 0.15) is 0 Å². The van der Waals surface area contributed by atoms with Gasteiger partial charge in [-0.1, -0.05) is 11.6 Å². The summed E-state index contributed by atoms with van der Waals surface area (Å²) in [5.41, 5.74) is 4.30. The van der Waals surface area contributed by atoms with Crippen LogP contribution < -0.4 is 0 Å². The number of aromatic nitrogens is 4. The first-order valence-corrected chi connectivity index (χ1v) is 7.65. The van der Waals surface area contributed by atoms with E-state index >= 15 is 0 Å². The lowest BCUT2D eigenvalue weighted by molar-refractivity contribution is 0.0602. The number of nitrogens with one attached hydrogen (secondary N) is 1. The molecule has 3 aromatic heterocycles. The average molecular weight is 341 g/mol. The van der Waals surface area contributed by atoms with Crippen molar-refractivity contribution < 1.29 is 9.53 Å². The first-order chi connectivity index (χ1) is 11.6. The SMILES string of the molecule is COC(=O)c1ccnc2cc(-c3c4ccc(Cl)cc4nn3C)[nH]c12. The summed E-state index contributed by atoms with van der Waals surface area (Å²) in [6.07, 6.45) is 1.59. The Morgan fingerprint density at radius 2 is 2.08 bits per heavy atom. The Kier molecular flexibility index (Phi) is 3.28. The minimum Gasteiger partial charge on any atom is -0.465 e. The third-order valence-corrected chi connectivity index (χ3v) is 4.21. The zero-order chi connectivity index (χ0) is 16.8. The second-order valence-corrected chi connectivity index (χ2v) is 5.86. The number of fused-ring (bicyclic) bond motifs is 2. The van der Waals surface area contributed by atoms with Crippen LogP contribution in [0.5, 0.6) is 0 Å². The summed E-state index contributed by atoms with van der Waals surface area (Å²) >= 11 is 6.04. The van der Waals surface area contributed by atoms with Crippen molar-refractivity contribution in [3.8, 4) is 11.4 Å². The number of carbonyl (C=O) groups excluding carboxylic acids is 1. The quantitative estimate of drug-likeness (QED) is 0.566. The number of H-pyrrole nitrogens is 1. The lowest BCUT2D eigenvalue weighted by atomic mass is 10.1. The maximum Gasteiger partial charge on any atom is 0.340 e. The van der Waals surface area contributed by atoms with E-state index in [-0.39, 0.29) is 0 Å². The fourth-order valence-electron chi connectivity index (χ4n) is 2.93. The molecular weight excluding hydrogens is 328 g/mol. The van der Waals surface area contributed by atoms with Crippen LogP contribution >= 0.6 is 11.6 Å². The van der Waals surface area contributed by atoms with Crippen LogP contribution in [0.4, 0.5) is 0 Å². The number of rotatable bonds is 2. The number of nitrogens with zero attached hydrogens (tertiary/aromatic N) is 3. The molecule has 0 unspecified atom stereocenters. The fraction of sp³-hybridized carbons (Fsp3) is 0.118. The van der Waals surface area contributed by atoms with Gasteiger partial charge in [0, 0.05) is 23.7 Å². The lowest BCUT2D eigenvalue weighted by Gasteiger charge is -2.01. The summed E-state index contributed by atoms with van der Waals surface area (Å²) in [6, 6.07) is 9.11. The highest BCUT2D eigenvalue weighted by atomic mass is 35.5. The van der Waals surface area contributed by atoms with Crippen molar-refractivity contribution in [3.63, 3.8) is 0 Å². The largest absolute Gasteiger partial charge is 0.465 e. The molecule has 7 heteroatoms. The molecule has 1 aromatic carbocycles. The zero-order valence-electron chi connectivity index (χ0n) is 13.0. The summed E-state index contributed by atoms with van der Waals surface area (Å²) in [7, 11) is 3.22. The van der Waals surface area contributed by atoms with Crippen molar-refractivity contribution in [2.75, 3.05) is 7.11 Å². The highest BCUT2D eigenvalue weighted by molar-refractivity contribution is 6.31. The third kappa shape index (κ3) is 2.15. The minimum absolute atomic E-state index is 0.405. The number of aryl methyl sites for hydroxylation is 1. The van der Waals surface area contributed by atoms with Crippen LogP contribution in [0.2, 0.25) is 5.02 Å². The van der Waals surface area contributed by atoms with Gasteiger partial charge in [-0.2, -0.15) is 5.10 Å². The predicted octanol–water partition coefficient (Wildman–Crippen LogP) is 3.56. The second-order valence-electron chi connectivity index (χ2n) is 5.43. The van der Waals surface area contributed by atoms with Crippen LogP contribution in [0.3, 0.4) is 0 Å². The van der Waals surface area contributed by atoms with Gasteiger partial charge >= 0.3 is 5.97 Å². The Balaban J connectivity index is 1.98. The number of esters is 1. The Hall–Kier alpha value is -2.86. The Labute approximate surface area is 142 Å². The summed E-state index contributed by atoms with van der Waals surface area (Å²) in [5, 5.41) is 6.10. The number of hydrogen-bond donors (Lipinski definition) is 1. The van der Waals surface area contributed by atoms with E-state index in [0.717, 1.165) is 22.3 Å². The molecule has 0 bridgehead atoms. The van der Waals surface area contributed by atoms with Gasteiger partial charge in [-0.3, -0.25) is 9.67 Å². The number of aromatic amines is 1. The molecule has 0 amide bonds. The van der Waals surface area contributed by atoms with E-state index in [1.54, 1.807) is 16.9 Å². The lowest BCUT2D eigenvalue weighted by Crippen LogP contribution is -2.02. The van der Waals surface area contributed by atoms with Crippen molar-refractivity contribution in [2.45, 2.75) is 0 Å². The molecule has 6 nitrogen and oxygen atoms in total. The van der Waals surface area contributed by atoms with E-state index in [2.05, 4.69) is 15.1 Å². The molecule has 0 atom stereocenters. The molecule has 3 heterocycles. The van der Waals surface area contributed by atoms with Crippen molar-refractivity contribution >= 4 is 39.5 Å². The van der Waals surface area contributed by atoms with E-state index in [4.69, 9.17) is 16.3 Å². The van der Waals surface area contributed by atoms with Crippen LogP contribution in [0, 0.1) is 0 Å². The number of ether oxygens (including phenoxy) is 1. The molecule has 0 spiro atoms. The number of pyridine rings is 1. The first-order valence-electron chi connectivity index (χ1n) is 7.27. The number of methoxy groups -OCH3 is 1. The van der Waals surface area contributed by atoms with E-state index in [0.29, 0.717) is 21.6 Å². The van der Waals surface area contributed by atoms with Crippen LogP contribution in [-0.2, 0) is 11.8 Å². The van der Waals surface area contributed by atoms with Crippen LogP contribution in [0.15, 0.2) is 36.5 Å². The number of benzene rings is 1. The number of halogens is 1. The zero-order valence-corrected chi connectivity index (χ0v) is 13.8. The normalized spacial score (nSPS) is 11.3. The summed E-state index contributed by atoms with van der Waals surface area (Å²) in [4.78, 5) is 19.5. The summed E-state index contributed by atoms with van der Waals surface area (Å²) in [5.74, 6) is -0.405. The standard InChI is InChI=1S/C17H13ClN4O2/c1-22-16(10-4-3-9(18)7-12(10)21-22)14-8-13-15(20-14)11(5-6-19-13)17(23)24-2/h3-8,20H,1-2H3. The third-order valence-electron chi connectivity index (χ3n) is 3.98. The van der Waals surface area contributed by atoms with Crippen LogP contribution in [-0.4, -0.2) is 32.8 Å². The maximum atomic E-state index is 11.9. The van der Waals surface area contributed by atoms with Gasteiger partial charge < -0.3 is 9.72 Å². The van der Waals surface area contributed by atoms with Crippen LogP contribution in [0.25, 0.3) is 33.3 Å². The molecule has 4 rings (SSSR count). The van der Waals surface area contributed by atoms with Crippen LogP contribution in [0.1, 0.15) is 10.4 Å². The second kappa shape index (κ2) is 5.35. The van der Waals surface area contributed by atoms with Gasteiger partial charge in [-0.15, -0.1) is 0 Å². The summed E-state index contributed by atoms with van der Waals surface area (Å²) in [6.45, 7) is 0. The van der Waals surface area contributed by atoms with Crippen molar-refractivity contribution in [2.24, 2.45) is 7.05 Å². The van der Waals surface area contributed by atoms with E-state index in [9.17, 15) is 4.79 Å². The average Bonchev–Trinajstić information content (AvgIpc) is 3.12. The molecule has 120 valence electrons. The van der Waals surface area contributed by atoms with Crippen molar-refractivity contribution in [3.05, 3.63) is 47.1 Å².